The van der Waals surface area contributed by atoms with Crippen LogP contribution in [0.1, 0.15) is 22.3 Å². The summed E-state index contributed by atoms with van der Waals surface area (Å²) in [5.41, 5.74) is 5.30. The molecule has 0 fully saturated rings. The second-order valence-electron chi connectivity index (χ2n) is 6.85. The van der Waals surface area contributed by atoms with Gasteiger partial charge in [-0.15, -0.1) is 0 Å². The SMILES string of the molecule is Cc1cc(C)c(O)c(N(CCN(C)C)c2cc(C)cc(C)c2O)c1. The minimum absolute atomic E-state index is 0.262. The zero-order chi connectivity index (χ0) is 18.0. The monoisotopic (exact) mass is 328 g/mol. The summed E-state index contributed by atoms with van der Waals surface area (Å²) in [6.45, 7) is 9.30. The third-order valence-electron chi connectivity index (χ3n) is 4.20. The van der Waals surface area contributed by atoms with E-state index in [-0.39, 0.29) is 11.5 Å². The predicted octanol–water partition coefficient (Wildman–Crippen LogP) is 4.03. The molecule has 4 heteroatoms. The van der Waals surface area contributed by atoms with E-state index < -0.39 is 0 Å². The Hall–Kier alpha value is -2.20. The highest BCUT2D eigenvalue weighted by molar-refractivity contribution is 5.76. The summed E-state index contributed by atoms with van der Waals surface area (Å²) in [5.74, 6) is 0.524. The molecule has 0 bridgehead atoms. The molecule has 130 valence electrons. The van der Waals surface area contributed by atoms with Gasteiger partial charge in [0.1, 0.15) is 11.5 Å². The van der Waals surface area contributed by atoms with Crippen LogP contribution in [-0.4, -0.2) is 42.3 Å². The van der Waals surface area contributed by atoms with E-state index in [2.05, 4.69) is 4.90 Å². The number of aromatic hydroxyl groups is 2. The molecule has 0 amide bonds. The first-order valence-corrected chi connectivity index (χ1v) is 8.23. The van der Waals surface area contributed by atoms with Crippen molar-refractivity contribution >= 4 is 11.4 Å². The third kappa shape index (κ3) is 3.82. The van der Waals surface area contributed by atoms with Crippen molar-refractivity contribution in [1.29, 1.82) is 0 Å². The minimum atomic E-state index is 0.262. The van der Waals surface area contributed by atoms with Crippen molar-refractivity contribution in [3.63, 3.8) is 0 Å². The first kappa shape index (κ1) is 18.1. The molecule has 0 aromatic heterocycles. The molecule has 0 saturated heterocycles. The van der Waals surface area contributed by atoms with Crippen LogP contribution in [0.2, 0.25) is 0 Å². The van der Waals surface area contributed by atoms with E-state index >= 15 is 0 Å². The molecule has 0 heterocycles. The number of phenolic OH excluding ortho intramolecular Hbond substituents is 2. The highest BCUT2D eigenvalue weighted by Crippen LogP contribution is 2.41. The zero-order valence-electron chi connectivity index (χ0n) is 15.5. The molecule has 2 N–H and O–H groups in total. The van der Waals surface area contributed by atoms with E-state index in [1.807, 2.05) is 71.0 Å². The lowest BCUT2D eigenvalue weighted by Crippen LogP contribution is -2.28. The van der Waals surface area contributed by atoms with E-state index in [9.17, 15) is 10.2 Å². The Kier molecular flexibility index (Phi) is 5.40. The highest BCUT2D eigenvalue weighted by atomic mass is 16.3. The van der Waals surface area contributed by atoms with Gasteiger partial charge in [0.25, 0.3) is 0 Å². The van der Waals surface area contributed by atoms with Crippen LogP contribution in [0.4, 0.5) is 11.4 Å². The molecule has 0 saturated carbocycles. The molecule has 24 heavy (non-hydrogen) atoms. The zero-order valence-corrected chi connectivity index (χ0v) is 15.5. The standard InChI is InChI=1S/C20H28N2O2/c1-13-9-15(3)19(23)17(11-13)22(8-7-21(5)6)18-12-14(2)10-16(4)20(18)24/h9-12,23-24H,7-8H2,1-6H3. The summed E-state index contributed by atoms with van der Waals surface area (Å²) in [5, 5.41) is 21.2. The number of aryl methyl sites for hydroxylation is 4. The largest absolute Gasteiger partial charge is 0.505 e. The van der Waals surface area contributed by atoms with Crippen LogP contribution in [0.3, 0.4) is 0 Å². The average Bonchev–Trinajstić information content (AvgIpc) is 2.48. The third-order valence-corrected chi connectivity index (χ3v) is 4.20. The Labute approximate surface area is 145 Å². The Balaban J connectivity index is 2.62. The normalized spacial score (nSPS) is 11.1. The summed E-state index contributed by atoms with van der Waals surface area (Å²) >= 11 is 0. The lowest BCUT2D eigenvalue weighted by molar-refractivity contribution is 0.415. The fourth-order valence-corrected chi connectivity index (χ4v) is 2.96. The van der Waals surface area contributed by atoms with Gasteiger partial charge in [-0.2, -0.15) is 0 Å². The molecular formula is C20H28N2O2. The number of hydrogen-bond acceptors (Lipinski definition) is 4. The number of anilines is 2. The molecular weight excluding hydrogens is 300 g/mol. The molecule has 2 rings (SSSR count). The van der Waals surface area contributed by atoms with Crippen molar-refractivity contribution < 1.29 is 10.2 Å². The van der Waals surface area contributed by atoms with E-state index in [1.54, 1.807) is 0 Å². The number of hydrogen-bond donors (Lipinski definition) is 2. The van der Waals surface area contributed by atoms with Gasteiger partial charge in [-0.1, -0.05) is 12.1 Å². The van der Waals surface area contributed by atoms with Gasteiger partial charge in [0.05, 0.1) is 11.4 Å². The fraction of sp³-hybridized carbons (Fsp3) is 0.400. The van der Waals surface area contributed by atoms with Gasteiger partial charge in [0, 0.05) is 13.1 Å². The molecule has 0 aliphatic rings. The van der Waals surface area contributed by atoms with Gasteiger partial charge in [-0.05, 0) is 76.2 Å². The molecule has 0 aliphatic heterocycles. The summed E-state index contributed by atoms with van der Waals surface area (Å²) in [7, 11) is 4.03. The molecule has 0 aliphatic carbocycles. The second kappa shape index (κ2) is 7.14. The predicted molar refractivity (Wildman–Crippen MR) is 101 cm³/mol. The van der Waals surface area contributed by atoms with Crippen LogP contribution >= 0.6 is 0 Å². The van der Waals surface area contributed by atoms with Crippen LogP contribution in [0.15, 0.2) is 24.3 Å². The van der Waals surface area contributed by atoms with Crippen LogP contribution in [0.25, 0.3) is 0 Å². The van der Waals surface area contributed by atoms with Crippen molar-refractivity contribution in [3.05, 3.63) is 46.5 Å². The molecule has 0 spiro atoms. The summed E-state index contributed by atoms with van der Waals surface area (Å²) in [4.78, 5) is 4.09. The smallest absolute Gasteiger partial charge is 0.142 e. The number of likely N-dealkylation sites (N-methyl/N-ethyl adjacent to an activating group) is 1. The first-order chi connectivity index (χ1) is 11.2. The van der Waals surface area contributed by atoms with E-state index in [0.717, 1.165) is 40.2 Å². The summed E-state index contributed by atoms with van der Waals surface area (Å²) in [6, 6.07) is 7.86. The first-order valence-electron chi connectivity index (χ1n) is 8.23. The van der Waals surface area contributed by atoms with Gasteiger partial charge < -0.3 is 20.0 Å². The van der Waals surface area contributed by atoms with Gasteiger partial charge >= 0.3 is 0 Å². The minimum Gasteiger partial charge on any atom is -0.505 e. The maximum atomic E-state index is 10.6. The number of benzene rings is 2. The molecule has 2 aromatic carbocycles. The second-order valence-corrected chi connectivity index (χ2v) is 6.85. The van der Waals surface area contributed by atoms with E-state index in [0.29, 0.717) is 6.54 Å². The fourth-order valence-electron chi connectivity index (χ4n) is 2.96. The van der Waals surface area contributed by atoms with Gasteiger partial charge in [0.2, 0.25) is 0 Å². The Bertz CT molecular complexity index is 681. The van der Waals surface area contributed by atoms with Crippen LogP contribution in [0, 0.1) is 27.7 Å². The van der Waals surface area contributed by atoms with Crippen molar-refractivity contribution in [2.45, 2.75) is 27.7 Å². The number of rotatable bonds is 5. The molecule has 0 unspecified atom stereocenters. The van der Waals surface area contributed by atoms with E-state index in [4.69, 9.17) is 0 Å². The molecule has 2 aromatic rings. The Morgan fingerprint density at radius 2 is 1.12 bits per heavy atom. The number of phenols is 2. The maximum Gasteiger partial charge on any atom is 0.142 e. The van der Waals surface area contributed by atoms with Crippen LogP contribution in [0.5, 0.6) is 11.5 Å². The van der Waals surface area contributed by atoms with Gasteiger partial charge in [0.15, 0.2) is 0 Å². The maximum absolute atomic E-state index is 10.6. The van der Waals surface area contributed by atoms with E-state index in [1.165, 1.54) is 0 Å². The van der Waals surface area contributed by atoms with Crippen molar-refractivity contribution in [1.82, 2.24) is 4.90 Å². The van der Waals surface area contributed by atoms with Crippen LogP contribution < -0.4 is 4.90 Å². The molecule has 0 radical (unpaired) electrons. The summed E-state index contributed by atoms with van der Waals surface area (Å²) < 4.78 is 0. The lowest BCUT2D eigenvalue weighted by Gasteiger charge is -2.29. The molecule has 0 atom stereocenters. The van der Waals surface area contributed by atoms with Crippen LogP contribution in [-0.2, 0) is 0 Å². The Morgan fingerprint density at radius 3 is 1.50 bits per heavy atom. The van der Waals surface area contributed by atoms with Crippen molar-refractivity contribution in [2.75, 3.05) is 32.1 Å². The highest BCUT2D eigenvalue weighted by Gasteiger charge is 2.20. The molecule has 4 nitrogen and oxygen atoms in total. The number of nitrogens with zero attached hydrogens (tertiary/aromatic N) is 2. The Morgan fingerprint density at radius 1 is 0.708 bits per heavy atom. The van der Waals surface area contributed by atoms with Gasteiger partial charge in [-0.3, -0.25) is 0 Å². The van der Waals surface area contributed by atoms with Gasteiger partial charge in [-0.25, -0.2) is 0 Å². The lowest BCUT2D eigenvalue weighted by atomic mass is 10.1. The average molecular weight is 328 g/mol. The topological polar surface area (TPSA) is 46.9 Å². The van der Waals surface area contributed by atoms with Crippen molar-refractivity contribution in [3.8, 4) is 11.5 Å². The summed E-state index contributed by atoms with van der Waals surface area (Å²) in [6.07, 6.45) is 0. The van der Waals surface area contributed by atoms with Crippen molar-refractivity contribution in [2.24, 2.45) is 0 Å². The quantitative estimate of drug-likeness (QED) is 0.870.